The Balaban J connectivity index is 3.20. The first-order valence-corrected chi connectivity index (χ1v) is 4.23. The zero-order chi connectivity index (χ0) is 9.56. The molecule has 0 unspecified atom stereocenters. The van der Waals surface area contributed by atoms with Gasteiger partial charge in [-0.05, 0) is 20.9 Å². The highest BCUT2D eigenvalue weighted by Crippen LogP contribution is 1.91. The monoisotopic (exact) mass is 180 g/mol. The number of halogens is 2. The zero-order valence-corrected chi connectivity index (χ0v) is 7.98. The van der Waals surface area contributed by atoms with E-state index >= 15 is 0 Å². The molecule has 0 aromatic rings. The van der Waals surface area contributed by atoms with Crippen molar-refractivity contribution in [2.45, 2.75) is 26.3 Å². The minimum Gasteiger partial charge on any atom is -0.310 e. The van der Waals surface area contributed by atoms with Crippen LogP contribution in [-0.2, 0) is 0 Å². The Morgan fingerprint density at radius 2 is 1.92 bits per heavy atom. The van der Waals surface area contributed by atoms with E-state index in [1.54, 1.807) is 0 Å². The van der Waals surface area contributed by atoms with Gasteiger partial charge in [-0.1, -0.05) is 0 Å². The van der Waals surface area contributed by atoms with Crippen LogP contribution in [-0.4, -0.2) is 44.0 Å². The highest BCUT2D eigenvalue weighted by molar-refractivity contribution is 4.59. The van der Waals surface area contributed by atoms with Gasteiger partial charge in [0.15, 0.2) is 0 Å². The molecule has 0 saturated heterocycles. The molecule has 0 radical (unpaired) electrons. The summed E-state index contributed by atoms with van der Waals surface area (Å²) in [5.74, 6) is 0. The predicted octanol–water partition coefficient (Wildman–Crippen LogP) is 1.18. The van der Waals surface area contributed by atoms with Crippen LogP contribution in [0.3, 0.4) is 0 Å². The number of hydrogen-bond acceptors (Lipinski definition) is 2. The van der Waals surface area contributed by atoms with Crippen LogP contribution in [0.1, 0.15) is 13.8 Å². The lowest BCUT2D eigenvalue weighted by Crippen LogP contribution is -2.35. The van der Waals surface area contributed by atoms with Crippen LogP contribution in [0.4, 0.5) is 8.78 Å². The summed E-state index contributed by atoms with van der Waals surface area (Å²) >= 11 is 0. The Hall–Kier alpha value is -0.220. The van der Waals surface area contributed by atoms with Crippen LogP contribution in [0.5, 0.6) is 0 Å². The summed E-state index contributed by atoms with van der Waals surface area (Å²) in [5, 5.41) is 2.68. The molecule has 74 valence electrons. The molecular formula is C8H18F2N2. The molecule has 0 heterocycles. The molecule has 0 aromatic heterocycles. The first-order chi connectivity index (χ1) is 5.54. The summed E-state index contributed by atoms with van der Waals surface area (Å²) in [7, 11) is 1.98. The first kappa shape index (κ1) is 11.8. The van der Waals surface area contributed by atoms with Crippen LogP contribution in [0.2, 0.25) is 0 Å². The predicted molar refractivity (Wildman–Crippen MR) is 46.6 cm³/mol. The van der Waals surface area contributed by atoms with Gasteiger partial charge in [-0.25, -0.2) is 8.78 Å². The van der Waals surface area contributed by atoms with Gasteiger partial charge in [0.1, 0.15) is 0 Å². The van der Waals surface area contributed by atoms with Gasteiger partial charge in [-0.2, -0.15) is 0 Å². The molecular weight excluding hydrogens is 162 g/mol. The second kappa shape index (κ2) is 6.31. The topological polar surface area (TPSA) is 15.3 Å². The largest absolute Gasteiger partial charge is 0.310 e. The molecule has 0 aliphatic carbocycles. The van der Waals surface area contributed by atoms with Crippen LogP contribution < -0.4 is 5.32 Å². The van der Waals surface area contributed by atoms with Crippen molar-refractivity contribution in [2.75, 3.05) is 26.7 Å². The Morgan fingerprint density at radius 1 is 1.33 bits per heavy atom. The summed E-state index contributed by atoms with van der Waals surface area (Å²) in [4.78, 5) is 2.11. The van der Waals surface area contributed by atoms with Gasteiger partial charge >= 0.3 is 0 Å². The van der Waals surface area contributed by atoms with Crippen molar-refractivity contribution < 1.29 is 8.78 Å². The first-order valence-electron chi connectivity index (χ1n) is 4.23. The molecule has 0 spiro atoms. The van der Waals surface area contributed by atoms with E-state index in [9.17, 15) is 8.78 Å². The molecule has 0 aromatic carbocycles. The lowest BCUT2D eigenvalue weighted by Gasteiger charge is -2.20. The van der Waals surface area contributed by atoms with Gasteiger partial charge in [-0.3, -0.25) is 0 Å². The van der Waals surface area contributed by atoms with E-state index in [2.05, 4.69) is 24.1 Å². The number of alkyl halides is 2. The van der Waals surface area contributed by atoms with Gasteiger partial charge in [0, 0.05) is 19.1 Å². The maximum atomic E-state index is 11.6. The quantitative estimate of drug-likeness (QED) is 0.617. The summed E-state index contributed by atoms with van der Waals surface area (Å²) in [6, 6.07) is 0.471. The molecule has 0 saturated carbocycles. The van der Waals surface area contributed by atoms with Crippen LogP contribution in [0, 0.1) is 0 Å². The van der Waals surface area contributed by atoms with Crippen molar-refractivity contribution in [1.82, 2.24) is 10.2 Å². The van der Waals surface area contributed by atoms with E-state index in [-0.39, 0.29) is 6.54 Å². The summed E-state index contributed by atoms with van der Waals surface area (Å²) in [6.07, 6.45) is -2.24. The van der Waals surface area contributed by atoms with Gasteiger partial charge < -0.3 is 10.2 Å². The van der Waals surface area contributed by atoms with Crippen molar-refractivity contribution in [3.63, 3.8) is 0 Å². The second-order valence-electron chi connectivity index (χ2n) is 3.17. The van der Waals surface area contributed by atoms with Gasteiger partial charge in [0.25, 0.3) is 6.43 Å². The molecule has 0 rings (SSSR count). The normalized spacial score (nSPS) is 12.0. The van der Waals surface area contributed by atoms with Crippen LogP contribution in [0.25, 0.3) is 0 Å². The molecule has 4 heteroatoms. The highest BCUT2D eigenvalue weighted by Gasteiger charge is 2.03. The van der Waals surface area contributed by atoms with Crippen molar-refractivity contribution in [2.24, 2.45) is 0 Å². The fourth-order valence-electron chi connectivity index (χ4n) is 0.725. The van der Waals surface area contributed by atoms with Crippen molar-refractivity contribution in [3.8, 4) is 0 Å². The average molecular weight is 180 g/mol. The lowest BCUT2D eigenvalue weighted by atomic mass is 10.3. The number of rotatable bonds is 6. The fraction of sp³-hybridized carbons (Fsp3) is 1.00. The van der Waals surface area contributed by atoms with E-state index in [0.29, 0.717) is 12.6 Å². The number of hydrogen-bond donors (Lipinski definition) is 1. The third kappa shape index (κ3) is 6.49. The molecule has 0 aliphatic heterocycles. The van der Waals surface area contributed by atoms with Crippen molar-refractivity contribution in [1.29, 1.82) is 0 Å². The number of nitrogens with zero attached hydrogens (tertiary/aromatic N) is 1. The van der Waals surface area contributed by atoms with Gasteiger partial charge in [-0.15, -0.1) is 0 Å². The summed E-state index contributed by atoms with van der Waals surface area (Å²) in [6.45, 7) is 5.38. The fourth-order valence-corrected chi connectivity index (χ4v) is 0.725. The highest BCUT2D eigenvalue weighted by atomic mass is 19.3. The summed E-state index contributed by atoms with van der Waals surface area (Å²) < 4.78 is 23.3. The molecule has 2 nitrogen and oxygen atoms in total. The van der Waals surface area contributed by atoms with Crippen LogP contribution >= 0.6 is 0 Å². The van der Waals surface area contributed by atoms with E-state index in [4.69, 9.17) is 0 Å². The molecule has 0 bridgehead atoms. The third-order valence-electron chi connectivity index (χ3n) is 1.82. The van der Waals surface area contributed by atoms with Crippen molar-refractivity contribution >= 4 is 0 Å². The SMILES string of the molecule is CC(C)N(C)CCNCC(F)F. The molecule has 1 N–H and O–H groups in total. The Labute approximate surface area is 72.9 Å². The molecule has 0 fully saturated rings. The zero-order valence-electron chi connectivity index (χ0n) is 7.98. The third-order valence-corrected chi connectivity index (χ3v) is 1.82. The van der Waals surface area contributed by atoms with E-state index < -0.39 is 6.43 Å². The van der Waals surface area contributed by atoms with E-state index in [1.165, 1.54) is 0 Å². The standard InChI is InChI=1S/C8H18F2N2/c1-7(2)12(3)5-4-11-6-8(9)10/h7-8,11H,4-6H2,1-3H3. The van der Waals surface area contributed by atoms with Crippen LogP contribution in [0.15, 0.2) is 0 Å². The minimum atomic E-state index is -2.24. The molecule has 12 heavy (non-hydrogen) atoms. The molecule has 0 aliphatic rings. The Bertz CT molecular complexity index is 107. The number of likely N-dealkylation sites (N-methyl/N-ethyl adjacent to an activating group) is 1. The van der Waals surface area contributed by atoms with Gasteiger partial charge in [0.05, 0.1) is 6.54 Å². The minimum absolute atomic E-state index is 0.202. The second-order valence-corrected chi connectivity index (χ2v) is 3.17. The Kier molecular flexibility index (Phi) is 6.20. The lowest BCUT2D eigenvalue weighted by molar-refractivity contribution is 0.144. The molecule has 0 amide bonds. The Morgan fingerprint density at radius 3 is 2.33 bits per heavy atom. The van der Waals surface area contributed by atoms with Crippen molar-refractivity contribution in [3.05, 3.63) is 0 Å². The smallest absolute Gasteiger partial charge is 0.250 e. The van der Waals surface area contributed by atoms with E-state index in [0.717, 1.165) is 6.54 Å². The van der Waals surface area contributed by atoms with E-state index in [1.807, 2.05) is 7.05 Å². The van der Waals surface area contributed by atoms with Gasteiger partial charge in [0.2, 0.25) is 0 Å². The summed E-state index contributed by atoms with van der Waals surface area (Å²) in [5.41, 5.74) is 0. The average Bonchev–Trinajstić information content (AvgIpc) is 1.97. The number of nitrogens with one attached hydrogen (secondary N) is 1. The maximum Gasteiger partial charge on any atom is 0.250 e. The molecule has 0 atom stereocenters. The maximum absolute atomic E-state index is 11.6.